The molecule has 0 spiro atoms. The standard InChI is InChI=1S/C11H15NO2/c1-2-14-11(13)8-10(12)9-6-4-3-5-7-9/h3-7,10H,2,8,12H2,1H3/p+1/t10-/m0/s1. The molecule has 1 rings (SSSR count). The first-order chi connectivity index (χ1) is 6.74. The van der Waals surface area contributed by atoms with E-state index in [4.69, 9.17) is 4.74 Å². The zero-order chi connectivity index (χ0) is 10.4. The second-order valence-corrected chi connectivity index (χ2v) is 3.12. The summed E-state index contributed by atoms with van der Waals surface area (Å²) in [6.45, 7) is 2.23. The lowest BCUT2D eigenvalue weighted by Gasteiger charge is -2.07. The smallest absolute Gasteiger partial charge is 0.312 e. The lowest BCUT2D eigenvalue weighted by Crippen LogP contribution is -2.54. The topological polar surface area (TPSA) is 53.9 Å². The lowest BCUT2D eigenvalue weighted by atomic mass is 10.1. The maximum absolute atomic E-state index is 11.2. The van der Waals surface area contributed by atoms with Gasteiger partial charge >= 0.3 is 5.97 Å². The van der Waals surface area contributed by atoms with E-state index in [1.807, 2.05) is 30.3 Å². The molecule has 3 heteroatoms. The van der Waals surface area contributed by atoms with Gasteiger partial charge < -0.3 is 10.5 Å². The average Bonchev–Trinajstić information content (AvgIpc) is 2.19. The summed E-state index contributed by atoms with van der Waals surface area (Å²) in [5, 5.41) is 0. The Hall–Kier alpha value is -1.35. The number of ether oxygens (including phenoxy) is 1. The van der Waals surface area contributed by atoms with Crippen molar-refractivity contribution in [3.63, 3.8) is 0 Å². The molecule has 0 aliphatic carbocycles. The second-order valence-electron chi connectivity index (χ2n) is 3.12. The first kappa shape index (κ1) is 10.7. The summed E-state index contributed by atoms with van der Waals surface area (Å²) in [5.41, 5.74) is 5.00. The summed E-state index contributed by atoms with van der Waals surface area (Å²) in [4.78, 5) is 11.2. The number of rotatable bonds is 4. The van der Waals surface area contributed by atoms with Crippen LogP contribution in [0.2, 0.25) is 0 Å². The van der Waals surface area contributed by atoms with Gasteiger partial charge in [0.05, 0.1) is 6.61 Å². The van der Waals surface area contributed by atoms with Crippen LogP contribution in [-0.2, 0) is 9.53 Å². The molecular formula is C11H16NO2+. The lowest BCUT2D eigenvalue weighted by molar-refractivity contribution is -0.425. The Morgan fingerprint density at radius 2 is 2.07 bits per heavy atom. The van der Waals surface area contributed by atoms with Gasteiger partial charge in [0.25, 0.3) is 0 Å². The van der Waals surface area contributed by atoms with E-state index in [9.17, 15) is 4.79 Å². The van der Waals surface area contributed by atoms with Crippen molar-refractivity contribution >= 4 is 5.97 Å². The Labute approximate surface area is 83.9 Å². The van der Waals surface area contributed by atoms with Crippen LogP contribution in [0.5, 0.6) is 0 Å². The van der Waals surface area contributed by atoms with Crippen molar-refractivity contribution in [1.82, 2.24) is 0 Å². The van der Waals surface area contributed by atoms with Crippen molar-refractivity contribution in [3.8, 4) is 0 Å². The molecule has 0 bridgehead atoms. The summed E-state index contributed by atoms with van der Waals surface area (Å²) < 4.78 is 4.86. The van der Waals surface area contributed by atoms with Gasteiger partial charge in [-0.3, -0.25) is 4.79 Å². The number of esters is 1. The fourth-order valence-corrected chi connectivity index (χ4v) is 1.26. The number of carbonyl (C=O) groups is 1. The average molecular weight is 194 g/mol. The van der Waals surface area contributed by atoms with E-state index in [0.717, 1.165) is 5.56 Å². The molecule has 1 atom stereocenters. The van der Waals surface area contributed by atoms with Crippen LogP contribution in [-0.4, -0.2) is 12.6 Å². The van der Waals surface area contributed by atoms with Gasteiger partial charge in [0.2, 0.25) is 0 Å². The van der Waals surface area contributed by atoms with Crippen molar-refractivity contribution in [2.24, 2.45) is 0 Å². The molecule has 0 saturated heterocycles. The molecule has 0 radical (unpaired) electrons. The van der Waals surface area contributed by atoms with Gasteiger partial charge in [-0.05, 0) is 6.92 Å². The Morgan fingerprint density at radius 1 is 1.43 bits per heavy atom. The first-order valence-corrected chi connectivity index (χ1v) is 4.77. The first-order valence-electron chi connectivity index (χ1n) is 4.77. The number of hydrogen-bond donors (Lipinski definition) is 1. The molecular weight excluding hydrogens is 178 g/mol. The highest BCUT2D eigenvalue weighted by atomic mass is 16.5. The Kier molecular flexibility index (Phi) is 4.13. The van der Waals surface area contributed by atoms with Crippen LogP contribution in [0.3, 0.4) is 0 Å². The molecule has 0 aromatic heterocycles. The van der Waals surface area contributed by atoms with E-state index >= 15 is 0 Å². The third-order valence-electron chi connectivity index (χ3n) is 1.99. The van der Waals surface area contributed by atoms with Crippen molar-refractivity contribution < 1.29 is 15.3 Å². The molecule has 0 aliphatic rings. The van der Waals surface area contributed by atoms with Crippen LogP contribution in [0, 0.1) is 0 Å². The molecule has 0 aliphatic heterocycles. The summed E-state index contributed by atoms with van der Waals surface area (Å²) in [5.74, 6) is -0.184. The van der Waals surface area contributed by atoms with Gasteiger partial charge in [-0.25, -0.2) is 0 Å². The summed E-state index contributed by atoms with van der Waals surface area (Å²) in [7, 11) is 0. The summed E-state index contributed by atoms with van der Waals surface area (Å²) in [6.07, 6.45) is 0.345. The van der Waals surface area contributed by atoms with Crippen LogP contribution in [0.15, 0.2) is 30.3 Å². The second kappa shape index (κ2) is 5.40. The fraction of sp³-hybridized carbons (Fsp3) is 0.364. The van der Waals surface area contributed by atoms with Crippen molar-refractivity contribution in [2.75, 3.05) is 6.61 Å². The summed E-state index contributed by atoms with van der Waals surface area (Å²) >= 11 is 0. The quantitative estimate of drug-likeness (QED) is 0.725. The highest BCUT2D eigenvalue weighted by Gasteiger charge is 2.14. The van der Waals surface area contributed by atoms with E-state index in [1.54, 1.807) is 6.92 Å². The number of carbonyl (C=O) groups excluding carboxylic acids is 1. The molecule has 0 unspecified atom stereocenters. The normalized spacial score (nSPS) is 12.1. The van der Waals surface area contributed by atoms with Gasteiger partial charge in [-0.1, -0.05) is 30.3 Å². The molecule has 1 aromatic rings. The molecule has 0 amide bonds. The Morgan fingerprint density at radius 3 is 2.64 bits per heavy atom. The monoisotopic (exact) mass is 194 g/mol. The van der Waals surface area contributed by atoms with E-state index in [0.29, 0.717) is 13.0 Å². The van der Waals surface area contributed by atoms with Crippen molar-refractivity contribution in [1.29, 1.82) is 0 Å². The largest absolute Gasteiger partial charge is 0.466 e. The van der Waals surface area contributed by atoms with Gasteiger partial charge in [-0.15, -0.1) is 0 Å². The molecule has 3 N–H and O–H groups in total. The predicted octanol–water partition coefficient (Wildman–Crippen LogP) is 0.923. The molecule has 1 aromatic carbocycles. The zero-order valence-electron chi connectivity index (χ0n) is 8.40. The third-order valence-corrected chi connectivity index (χ3v) is 1.99. The van der Waals surface area contributed by atoms with Gasteiger partial charge in [0, 0.05) is 5.56 Å². The minimum atomic E-state index is -0.184. The van der Waals surface area contributed by atoms with E-state index < -0.39 is 0 Å². The van der Waals surface area contributed by atoms with Crippen molar-refractivity contribution in [2.45, 2.75) is 19.4 Å². The van der Waals surface area contributed by atoms with E-state index in [1.165, 1.54) is 0 Å². The minimum absolute atomic E-state index is 0.0183. The van der Waals surface area contributed by atoms with E-state index in [-0.39, 0.29) is 12.0 Å². The number of hydrogen-bond acceptors (Lipinski definition) is 2. The van der Waals surface area contributed by atoms with Gasteiger partial charge in [0.15, 0.2) is 0 Å². The maximum atomic E-state index is 11.2. The molecule has 3 nitrogen and oxygen atoms in total. The van der Waals surface area contributed by atoms with Crippen LogP contribution in [0.25, 0.3) is 0 Å². The van der Waals surface area contributed by atoms with Crippen molar-refractivity contribution in [3.05, 3.63) is 35.9 Å². The van der Waals surface area contributed by atoms with Crippen LogP contribution < -0.4 is 5.73 Å². The van der Waals surface area contributed by atoms with Crippen LogP contribution in [0.1, 0.15) is 24.9 Å². The maximum Gasteiger partial charge on any atom is 0.312 e. The van der Waals surface area contributed by atoms with Gasteiger partial charge in [0.1, 0.15) is 12.5 Å². The summed E-state index contributed by atoms with van der Waals surface area (Å²) in [6, 6.07) is 9.75. The molecule has 0 saturated carbocycles. The number of quaternary nitrogens is 1. The van der Waals surface area contributed by atoms with E-state index in [2.05, 4.69) is 5.73 Å². The molecule has 76 valence electrons. The predicted molar refractivity (Wildman–Crippen MR) is 53.3 cm³/mol. The highest BCUT2D eigenvalue weighted by Crippen LogP contribution is 2.11. The number of benzene rings is 1. The Balaban J connectivity index is 2.50. The molecule has 0 heterocycles. The van der Waals surface area contributed by atoms with Gasteiger partial charge in [-0.2, -0.15) is 0 Å². The molecule has 0 fully saturated rings. The van der Waals surface area contributed by atoms with Crippen LogP contribution in [0.4, 0.5) is 0 Å². The zero-order valence-corrected chi connectivity index (χ0v) is 8.40. The highest BCUT2D eigenvalue weighted by molar-refractivity contribution is 5.70. The minimum Gasteiger partial charge on any atom is -0.466 e. The SMILES string of the molecule is CCOC(=O)C[C@H]([NH3+])c1ccccc1. The third kappa shape index (κ3) is 3.18. The fourth-order valence-electron chi connectivity index (χ4n) is 1.26. The molecule has 14 heavy (non-hydrogen) atoms. The van der Waals surface area contributed by atoms with Crippen LogP contribution >= 0.6 is 0 Å². The Bertz CT molecular complexity index is 285.